The number of pyridine rings is 1. The number of fused-ring (bicyclic) bond motifs is 1. The molecule has 1 atom stereocenters. The lowest BCUT2D eigenvalue weighted by atomic mass is 9.78. The number of aromatic nitrogens is 3. The number of hydrogen-bond acceptors (Lipinski definition) is 4. The number of nitrogens with one attached hydrogen (secondary N) is 2. The first-order chi connectivity index (χ1) is 12.5. The van der Waals surface area contributed by atoms with Gasteiger partial charge in [-0.1, -0.05) is 25.3 Å². The molecule has 0 bridgehead atoms. The number of amides is 1. The second-order valence-electron chi connectivity index (χ2n) is 8.15. The number of anilines is 2. The smallest absolute Gasteiger partial charge is 0.262 e. The summed E-state index contributed by atoms with van der Waals surface area (Å²) in [6.07, 6.45) is 10.9. The van der Waals surface area contributed by atoms with Crippen molar-refractivity contribution in [3.63, 3.8) is 0 Å². The first-order valence-corrected chi connectivity index (χ1v) is 9.62. The van der Waals surface area contributed by atoms with Gasteiger partial charge in [0.2, 0.25) is 0 Å². The van der Waals surface area contributed by atoms with Crippen molar-refractivity contribution in [3.8, 4) is 0 Å². The monoisotopic (exact) mass is 353 g/mol. The number of hydrogen-bond donors (Lipinski definition) is 2. The van der Waals surface area contributed by atoms with E-state index in [0.29, 0.717) is 23.3 Å². The molecular formula is C20H27N5O. The molecule has 3 heterocycles. The quantitative estimate of drug-likeness (QED) is 0.874. The van der Waals surface area contributed by atoms with Crippen molar-refractivity contribution < 1.29 is 4.79 Å². The standard InChI is InChI=1S/C20H27N5O/c1-20(2)12-16(14-8-4-3-5-9-14)23-18-15(13-22-25(18)20)19(26)24-17-10-6-7-11-21-17/h6-7,10-11,13-14,16,23H,3-5,8-9,12H2,1-2H3,(H,21,24,26). The highest BCUT2D eigenvalue weighted by Gasteiger charge is 2.39. The van der Waals surface area contributed by atoms with Gasteiger partial charge in [-0.05, 0) is 51.2 Å². The molecule has 1 unspecified atom stereocenters. The number of rotatable bonds is 3. The third kappa shape index (κ3) is 3.20. The lowest BCUT2D eigenvalue weighted by Gasteiger charge is -2.42. The molecule has 0 saturated heterocycles. The maximum Gasteiger partial charge on any atom is 0.262 e. The lowest BCUT2D eigenvalue weighted by Crippen LogP contribution is -2.45. The molecule has 6 nitrogen and oxygen atoms in total. The Labute approximate surface area is 154 Å². The van der Waals surface area contributed by atoms with Crippen molar-refractivity contribution >= 4 is 17.5 Å². The van der Waals surface area contributed by atoms with Crippen LogP contribution < -0.4 is 10.6 Å². The van der Waals surface area contributed by atoms with Gasteiger partial charge in [-0.2, -0.15) is 5.10 Å². The van der Waals surface area contributed by atoms with Crippen LogP contribution in [0.25, 0.3) is 0 Å². The highest BCUT2D eigenvalue weighted by molar-refractivity contribution is 6.07. The Morgan fingerprint density at radius 3 is 2.81 bits per heavy atom. The summed E-state index contributed by atoms with van der Waals surface area (Å²) in [5.74, 6) is 1.90. The summed E-state index contributed by atoms with van der Waals surface area (Å²) in [6.45, 7) is 4.42. The number of carbonyl (C=O) groups excluding carboxylic acids is 1. The Balaban J connectivity index is 1.60. The molecule has 2 aromatic rings. The zero-order valence-corrected chi connectivity index (χ0v) is 15.5. The van der Waals surface area contributed by atoms with Crippen LogP contribution in [-0.4, -0.2) is 26.7 Å². The molecule has 1 fully saturated rings. The highest BCUT2D eigenvalue weighted by atomic mass is 16.1. The Morgan fingerprint density at radius 2 is 2.08 bits per heavy atom. The molecule has 0 spiro atoms. The molecule has 138 valence electrons. The molecular weight excluding hydrogens is 326 g/mol. The predicted octanol–water partition coefficient (Wildman–Crippen LogP) is 4.03. The predicted molar refractivity (Wildman–Crippen MR) is 102 cm³/mol. The summed E-state index contributed by atoms with van der Waals surface area (Å²) in [4.78, 5) is 17.0. The topological polar surface area (TPSA) is 71.8 Å². The fraction of sp³-hybridized carbons (Fsp3) is 0.550. The van der Waals surface area contributed by atoms with Gasteiger partial charge in [0.05, 0.1) is 11.7 Å². The van der Waals surface area contributed by atoms with Crippen molar-refractivity contribution in [2.45, 2.75) is 64.0 Å². The minimum atomic E-state index is -0.169. The van der Waals surface area contributed by atoms with E-state index in [1.165, 1.54) is 32.1 Å². The summed E-state index contributed by atoms with van der Waals surface area (Å²) < 4.78 is 1.97. The van der Waals surface area contributed by atoms with Crippen LogP contribution in [0.15, 0.2) is 30.6 Å². The summed E-state index contributed by atoms with van der Waals surface area (Å²) in [5.41, 5.74) is 0.482. The maximum absolute atomic E-state index is 12.8. The number of nitrogens with zero attached hydrogens (tertiary/aromatic N) is 3. The van der Waals surface area contributed by atoms with E-state index in [1.54, 1.807) is 18.5 Å². The fourth-order valence-electron chi connectivity index (χ4n) is 4.41. The average molecular weight is 353 g/mol. The average Bonchev–Trinajstić information content (AvgIpc) is 3.08. The first kappa shape index (κ1) is 17.1. The van der Waals surface area contributed by atoms with E-state index in [0.717, 1.165) is 12.2 Å². The molecule has 2 aliphatic rings. The second-order valence-corrected chi connectivity index (χ2v) is 8.15. The van der Waals surface area contributed by atoms with Gasteiger partial charge >= 0.3 is 0 Å². The normalized spacial score (nSPS) is 22.3. The zero-order chi connectivity index (χ0) is 18.1. The van der Waals surface area contributed by atoms with Crippen LogP contribution in [0.5, 0.6) is 0 Å². The van der Waals surface area contributed by atoms with Crippen LogP contribution in [0.1, 0.15) is 62.7 Å². The van der Waals surface area contributed by atoms with E-state index in [-0.39, 0.29) is 11.4 Å². The van der Waals surface area contributed by atoms with Crippen LogP contribution in [0.4, 0.5) is 11.6 Å². The van der Waals surface area contributed by atoms with Gasteiger partial charge in [0, 0.05) is 12.2 Å². The van der Waals surface area contributed by atoms with Crippen molar-refractivity contribution in [3.05, 3.63) is 36.2 Å². The Bertz CT molecular complexity index is 777. The molecule has 1 saturated carbocycles. The molecule has 4 rings (SSSR count). The summed E-state index contributed by atoms with van der Waals surface area (Å²) in [6, 6.07) is 5.87. The molecule has 1 aliphatic carbocycles. The van der Waals surface area contributed by atoms with E-state index in [1.807, 2.05) is 16.8 Å². The summed E-state index contributed by atoms with van der Waals surface area (Å²) in [7, 11) is 0. The van der Waals surface area contributed by atoms with Crippen molar-refractivity contribution in [1.29, 1.82) is 0 Å². The minimum absolute atomic E-state index is 0.105. The molecule has 1 aliphatic heterocycles. The van der Waals surface area contributed by atoms with Crippen molar-refractivity contribution in [2.75, 3.05) is 10.6 Å². The van der Waals surface area contributed by atoms with E-state index >= 15 is 0 Å². The lowest BCUT2D eigenvalue weighted by molar-refractivity contribution is 0.102. The second kappa shape index (κ2) is 6.74. The van der Waals surface area contributed by atoms with E-state index in [9.17, 15) is 4.79 Å². The molecule has 26 heavy (non-hydrogen) atoms. The van der Waals surface area contributed by atoms with Gasteiger partial charge in [0.25, 0.3) is 5.91 Å². The summed E-state index contributed by atoms with van der Waals surface area (Å²) >= 11 is 0. The van der Waals surface area contributed by atoms with Gasteiger partial charge < -0.3 is 10.6 Å². The molecule has 6 heteroatoms. The van der Waals surface area contributed by atoms with Gasteiger partial charge in [-0.25, -0.2) is 9.67 Å². The largest absolute Gasteiger partial charge is 0.366 e. The molecule has 0 aromatic carbocycles. The molecule has 0 radical (unpaired) electrons. The molecule has 2 N–H and O–H groups in total. The molecule has 2 aromatic heterocycles. The Kier molecular flexibility index (Phi) is 4.42. The Hall–Kier alpha value is -2.37. The zero-order valence-electron chi connectivity index (χ0n) is 15.5. The van der Waals surface area contributed by atoms with E-state index in [4.69, 9.17) is 0 Å². The van der Waals surface area contributed by atoms with E-state index < -0.39 is 0 Å². The van der Waals surface area contributed by atoms with Crippen LogP contribution in [0.2, 0.25) is 0 Å². The minimum Gasteiger partial charge on any atom is -0.366 e. The van der Waals surface area contributed by atoms with Gasteiger partial charge in [-0.3, -0.25) is 4.79 Å². The van der Waals surface area contributed by atoms with Gasteiger partial charge in [-0.15, -0.1) is 0 Å². The van der Waals surface area contributed by atoms with Gasteiger partial charge in [0.1, 0.15) is 17.2 Å². The van der Waals surface area contributed by atoms with Gasteiger partial charge in [0.15, 0.2) is 0 Å². The Morgan fingerprint density at radius 1 is 1.27 bits per heavy atom. The fourth-order valence-corrected chi connectivity index (χ4v) is 4.41. The molecule has 1 amide bonds. The third-order valence-electron chi connectivity index (χ3n) is 5.75. The number of carbonyl (C=O) groups is 1. The maximum atomic E-state index is 12.8. The summed E-state index contributed by atoms with van der Waals surface area (Å²) in [5, 5.41) is 11.1. The highest BCUT2D eigenvalue weighted by Crippen LogP contribution is 2.39. The third-order valence-corrected chi connectivity index (χ3v) is 5.75. The van der Waals surface area contributed by atoms with Crippen molar-refractivity contribution in [1.82, 2.24) is 14.8 Å². The van der Waals surface area contributed by atoms with Crippen LogP contribution in [0, 0.1) is 5.92 Å². The van der Waals surface area contributed by atoms with Crippen LogP contribution in [-0.2, 0) is 5.54 Å². The first-order valence-electron chi connectivity index (χ1n) is 9.62. The van der Waals surface area contributed by atoms with E-state index in [2.05, 4.69) is 34.6 Å². The van der Waals surface area contributed by atoms with Crippen molar-refractivity contribution in [2.24, 2.45) is 5.92 Å². The SMILES string of the molecule is CC1(C)CC(C2CCCCC2)Nc2c(C(=O)Nc3ccccn3)cnn21. The van der Waals surface area contributed by atoms with Crippen LogP contribution in [0.3, 0.4) is 0 Å². The van der Waals surface area contributed by atoms with Crippen LogP contribution >= 0.6 is 0 Å².